The smallest absolute Gasteiger partial charge is 0.195 e. The van der Waals surface area contributed by atoms with Crippen LogP contribution in [0.4, 0.5) is 0 Å². The summed E-state index contributed by atoms with van der Waals surface area (Å²) in [7, 11) is 1.97. The van der Waals surface area contributed by atoms with Crippen LogP contribution in [0.5, 0.6) is 0 Å². The Morgan fingerprint density at radius 2 is 2.15 bits per heavy atom. The molecule has 1 heterocycles. The van der Waals surface area contributed by atoms with Crippen molar-refractivity contribution in [1.29, 1.82) is 0 Å². The van der Waals surface area contributed by atoms with E-state index in [4.69, 9.17) is 5.73 Å². The predicted molar refractivity (Wildman–Crippen MR) is 86.0 cm³/mol. The summed E-state index contributed by atoms with van der Waals surface area (Å²) in [5.74, 6) is 0.911. The first-order valence-corrected chi connectivity index (χ1v) is 8.20. The van der Waals surface area contributed by atoms with Crippen LogP contribution in [0.3, 0.4) is 0 Å². The van der Waals surface area contributed by atoms with Crippen LogP contribution in [-0.4, -0.2) is 20.8 Å². The quantitative estimate of drug-likeness (QED) is 0.894. The Morgan fingerprint density at radius 3 is 2.70 bits per heavy atom. The molecule has 20 heavy (non-hydrogen) atoms. The maximum atomic E-state index is 6.00. The molecule has 4 nitrogen and oxygen atoms in total. The summed E-state index contributed by atoms with van der Waals surface area (Å²) >= 11 is 5.23. The van der Waals surface area contributed by atoms with Crippen LogP contribution >= 0.6 is 27.7 Å². The van der Waals surface area contributed by atoms with Gasteiger partial charge in [-0.15, -0.1) is 10.2 Å². The Balaban J connectivity index is 2.15. The molecule has 108 valence electrons. The van der Waals surface area contributed by atoms with Crippen LogP contribution in [0.25, 0.3) is 0 Å². The molecule has 0 aliphatic rings. The summed E-state index contributed by atoms with van der Waals surface area (Å²) in [6.45, 7) is 4.06. The van der Waals surface area contributed by atoms with Crippen LogP contribution in [-0.2, 0) is 13.5 Å². The van der Waals surface area contributed by atoms with Gasteiger partial charge in [0.2, 0.25) is 0 Å². The zero-order chi connectivity index (χ0) is 14.7. The zero-order valence-electron chi connectivity index (χ0n) is 11.9. The van der Waals surface area contributed by atoms with E-state index in [2.05, 4.69) is 51.3 Å². The van der Waals surface area contributed by atoms with E-state index < -0.39 is 0 Å². The van der Waals surface area contributed by atoms with Crippen molar-refractivity contribution in [3.63, 3.8) is 0 Å². The lowest BCUT2D eigenvalue weighted by Gasteiger charge is -2.10. The molecule has 1 aromatic heterocycles. The van der Waals surface area contributed by atoms with E-state index in [0.717, 1.165) is 33.2 Å². The van der Waals surface area contributed by atoms with Crippen molar-refractivity contribution >= 4 is 27.7 Å². The van der Waals surface area contributed by atoms with Crippen LogP contribution in [0, 0.1) is 6.92 Å². The third kappa shape index (κ3) is 3.62. The molecule has 0 bridgehead atoms. The van der Waals surface area contributed by atoms with Gasteiger partial charge in [0, 0.05) is 22.5 Å². The summed E-state index contributed by atoms with van der Waals surface area (Å²) < 4.78 is 3.06. The molecule has 0 aliphatic carbocycles. The lowest BCUT2D eigenvalue weighted by molar-refractivity contribution is 0.646. The van der Waals surface area contributed by atoms with Gasteiger partial charge in [0.1, 0.15) is 5.82 Å². The molecule has 0 amide bonds. The van der Waals surface area contributed by atoms with Crippen molar-refractivity contribution in [3.05, 3.63) is 34.1 Å². The van der Waals surface area contributed by atoms with E-state index in [1.165, 1.54) is 5.56 Å². The average molecular weight is 355 g/mol. The second-order valence-corrected chi connectivity index (χ2v) is 6.69. The first-order chi connectivity index (χ1) is 9.51. The molecular weight excluding hydrogens is 336 g/mol. The minimum atomic E-state index is 0.224. The molecule has 0 radical (unpaired) electrons. The number of hydrogen-bond donors (Lipinski definition) is 1. The van der Waals surface area contributed by atoms with E-state index in [9.17, 15) is 0 Å². The number of hydrogen-bond acceptors (Lipinski definition) is 4. The lowest BCUT2D eigenvalue weighted by Crippen LogP contribution is -2.21. The monoisotopic (exact) mass is 354 g/mol. The minimum absolute atomic E-state index is 0.224. The molecule has 0 fully saturated rings. The highest BCUT2D eigenvalue weighted by atomic mass is 79.9. The first kappa shape index (κ1) is 15.5. The van der Waals surface area contributed by atoms with E-state index in [-0.39, 0.29) is 6.04 Å². The van der Waals surface area contributed by atoms with Gasteiger partial charge in [-0.2, -0.15) is 0 Å². The Labute approximate surface area is 132 Å². The van der Waals surface area contributed by atoms with Gasteiger partial charge in [0.25, 0.3) is 0 Å². The number of nitrogens with zero attached hydrogens (tertiary/aromatic N) is 3. The fourth-order valence-electron chi connectivity index (χ4n) is 1.78. The molecule has 2 rings (SSSR count). The molecule has 0 aliphatic heterocycles. The zero-order valence-corrected chi connectivity index (χ0v) is 14.3. The highest BCUT2D eigenvalue weighted by Crippen LogP contribution is 2.33. The number of aromatic nitrogens is 3. The number of aryl methyl sites for hydroxylation is 1. The average Bonchev–Trinajstić information content (AvgIpc) is 2.73. The fourth-order valence-corrected chi connectivity index (χ4v) is 3.29. The summed E-state index contributed by atoms with van der Waals surface area (Å²) in [6.07, 6.45) is 1.90. The molecule has 0 saturated carbocycles. The van der Waals surface area contributed by atoms with E-state index in [1.807, 2.05) is 18.5 Å². The number of halogens is 1. The molecule has 1 unspecified atom stereocenters. The Morgan fingerprint density at radius 1 is 1.40 bits per heavy atom. The Hall–Kier alpha value is -0.850. The van der Waals surface area contributed by atoms with Gasteiger partial charge in [-0.25, -0.2) is 0 Å². The maximum Gasteiger partial charge on any atom is 0.195 e. The van der Waals surface area contributed by atoms with Crippen molar-refractivity contribution in [2.24, 2.45) is 12.8 Å². The highest BCUT2D eigenvalue weighted by molar-refractivity contribution is 9.10. The predicted octanol–water partition coefficient (Wildman–Crippen LogP) is 3.32. The van der Waals surface area contributed by atoms with Crippen molar-refractivity contribution in [2.45, 2.75) is 42.8 Å². The molecule has 0 spiro atoms. The topological polar surface area (TPSA) is 56.7 Å². The van der Waals surface area contributed by atoms with Crippen molar-refractivity contribution < 1.29 is 0 Å². The third-order valence-corrected chi connectivity index (χ3v) is 5.30. The van der Waals surface area contributed by atoms with Gasteiger partial charge in [-0.3, -0.25) is 0 Å². The van der Waals surface area contributed by atoms with Gasteiger partial charge in [-0.1, -0.05) is 13.0 Å². The van der Waals surface area contributed by atoms with Crippen molar-refractivity contribution in [3.8, 4) is 0 Å². The molecular formula is C14H19BrN4S. The summed E-state index contributed by atoms with van der Waals surface area (Å²) in [4.78, 5) is 1.13. The number of rotatable bonds is 5. The van der Waals surface area contributed by atoms with E-state index in [1.54, 1.807) is 11.8 Å². The van der Waals surface area contributed by atoms with Crippen LogP contribution in [0.15, 0.2) is 32.7 Å². The highest BCUT2D eigenvalue weighted by Gasteiger charge is 2.10. The van der Waals surface area contributed by atoms with E-state index >= 15 is 0 Å². The van der Waals surface area contributed by atoms with Crippen LogP contribution in [0.1, 0.15) is 24.7 Å². The second kappa shape index (κ2) is 6.74. The van der Waals surface area contributed by atoms with Crippen LogP contribution < -0.4 is 5.73 Å². The van der Waals surface area contributed by atoms with Crippen molar-refractivity contribution in [2.75, 3.05) is 0 Å². The molecule has 6 heteroatoms. The lowest BCUT2D eigenvalue weighted by atomic mass is 10.1. The number of nitrogens with two attached hydrogens (primary N) is 1. The van der Waals surface area contributed by atoms with Gasteiger partial charge >= 0.3 is 0 Å². The molecule has 2 N–H and O–H groups in total. The van der Waals surface area contributed by atoms with Crippen LogP contribution in [0.2, 0.25) is 0 Å². The van der Waals surface area contributed by atoms with Gasteiger partial charge in [0.05, 0.1) is 0 Å². The summed E-state index contributed by atoms with van der Waals surface area (Å²) in [5, 5.41) is 9.13. The van der Waals surface area contributed by atoms with Gasteiger partial charge in [0.15, 0.2) is 5.16 Å². The maximum absolute atomic E-state index is 6.00. The SMILES string of the molecule is CCC(N)Cc1ccc(Sc2nnc(C)n2C)c(Br)c1. The Bertz CT molecular complexity index is 597. The van der Waals surface area contributed by atoms with Crippen molar-refractivity contribution in [1.82, 2.24) is 14.8 Å². The van der Waals surface area contributed by atoms with Gasteiger partial charge < -0.3 is 10.3 Å². The first-order valence-electron chi connectivity index (χ1n) is 6.59. The Kier molecular flexibility index (Phi) is 5.23. The minimum Gasteiger partial charge on any atom is -0.327 e. The van der Waals surface area contributed by atoms with Gasteiger partial charge in [-0.05, 0) is 65.2 Å². The summed E-state index contributed by atoms with van der Waals surface area (Å²) in [5.41, 5.74) is 7.25. The molecule has 0 saturated heterocycles. The normalized spacial score (nSPS) is 12.7. The molecule has 1 atom stereocenters. The summed E-state index contributed by atoms with van der Waals surface area (Å²) in [6, 6.07) is 6.60. The largest absolute Gasteiger partial charge is 0.327 e. The molecule has 1 aromatic carbocycles. The number of benzene rings is 1. The van der Waals surface area contributed by atoms with E-state index in [0.29, 0.717) is 0 Å². The second-order valence-electron chi connectivity index (χ2n) is 4.83. The third-order valence-electron chi connectivity index (χ3n) is 3.27. The fraction of sp³-hybridized carbons (Fsp3) is 0.429. The standard InChI is InChI=1S/C14H19BrN4S/c1-4-11(16)7-10-5-6-13(12(15)8-10)20-14-18-17-9(2)19(14)3/h5-6,8,11H,4,7,16H2,1-3H3. The molecule has 2 aromatic rings.